The Bertz CT molecular complexity index is 517. The number of alkyl halides is 1. The van der Waals surface area contributed by atoms with Crippen molar-refractivity contribution in [2.24, 2.45) is 0 Å². The lowest BCUT2D eigenvalue weighted by atomic mass is 10.1. The second-order valence-electron chi connectivity index (χ2n) is 3.40. The maximum absolute atomic E-state index is 11.0. The molecule has 1 aromatic carbocycles. The fourth-order valence-corrected chi connectivity index (χ4v) is 2.43. The molecule has 2 aromatic rings. The highest BCUT2D eigenvalue weighted by atomic mass is 35.5. The molecule has 0 spiro atoms. The first-order valence-electron chi connectivity index (χ1n) is 4.71. The molecule has 1 unspecified atom stereocenters. The summed E-state index contributed by atoms with van der Waals surface area (Å²) in [6.07, 6.45) is 0.613. The Morgan fingerprint density at radius 3 is 2.56 bits per heavy atom. The van der Waals surface area contributed by atoms with Crippen LogP contribution >= 0.6 is 34.5 Å². The highest BCUT2D eigenvalue weighted by Crippen LogP contribution is 2.25. The Morgan fingerprint density at radius 1 is 1.31 bits per heavy atom. The van der Waals surface area contributed by atoms with Crippen LogP contribution in [-0.2, 0) is 6.42 Å². The van der Waals surface area contributed by atoms with E-state index in [0.29, 0.717) is 11.4 Å². The van der Waals surface area contributed by atoms with Crippen LogP contribution in [0.4, 0.5) is 0 Å². The lowest BCUT2D eigenvalue weighted by molar-refractivity contribution is 0.887. The lowest BCUT2D eigenvalue weighted by Gasteiger charge is -2.08. The smallest absolute Gasteiger partial charge is 0.304 e. The molecule has 1 N–H and O–H groups in total. The van der Waals surface area contributed by atoms with Gasteiger partial charge in [-0.2, -0.15) is 0 Å². The Hall–Kier alpha value is -0.770. The van der Waals surface area contributed by atoms with Crippen LogP contribution in [0.5, 0.6) is 0 Å². The zero-order valence-electron chi connectivity index (χ0n) is 8.24. The first-order valence-corrected chi connectivity index (χ1v) is 6.41. The zero-order chi connectivity index (χ0) is 11.5. The number of benzene rings is 1. The number of aromatic nitrogens is 1. The average molecular weight is 274 g/mol. The molecule has 0 saturated heterocycles. The van der Waals surface area contributed by atoms with Gasteiger partial charge in [-0.3, -0.25) is 4.79 Å². The number of aromatic amines is 1. The molecule has 0 saturated carbocycles. The number of H-pyrrole nitrogens is 1. The molecule has 1 atom stereocenters. The van der Waals surface area contributed by atoms with Gasteiger partial charge >= 0.3 is 4.87 Å². The molecule has 84 valence electrons. The van der Waals surface area contributed by atoms with Crippen LogP contribution in [0.25, 0.3) is 0 Å². The van der Waals surface area contributed by atoms with Gasteiger partial charge in [-0.1, -0.05) is 35.1 Å². The maximum Gasteiger partial charge on any atom is 0.304 e. The standard InChI is InChI=1S/C11H9Cl2NOS/c12-8-3-1-7(2-4-8)10(13)5-9-6-16-11(15)14-9/h1-4,6,10H,5H2,(H,14,15). The van der Waals surface area contributed by atoms with E-state index < -0.39 is 0 Å². The molecule has 0 fully saturated rings. The monoisotopic (exact) mass is 273 g/mol. The van der Waals surface area contributed by atoms with Crippen molar-refractivity contribution in [2.75, 3.05) is 0 Å². The van der Waals surface area contributed by atoms with E-state index in [9.17, 15) is 4.79 Å². The van der Waals surface area contributed by atoms with Crippen molar-refractivity contribution in [3.05, 3.63) is 55.6 Å². The molecule has 0 radical (unpaired) electrons. The van der Waals surface area contributed by atoms with Gasteiger partial charge in [0, 0.05) is 22.5 Å². The molecule has 1 aromatic heterocycles. The van der Waals surface area contributed by atoms with E-state index in [4.69, 9.17) is 23.2 Å². The van der Waals surface area contributed by atoms with Crippen molar-refractivity contribution in [3.8, 4) is 0 Å². The average Bonchev–Trinajstić information content (AvgIpc) is 2.65. The normalized spacial score (nSPS) is 12.6. The minimum absolute atomic E-state index is 0.0463. The molecule has 0 amide bonds. The fourth-order valence-electron chi connectivity index (χ4n) is 1.40. The third-order valence-electron chi connectivity index (χ3n) is 2.20. The zero-order valence-corrected chi connectivity index (χ0v) is 10.6. The topological polar surface area (TPSA) is 32.9 Å². The largest absolute Gasteiger partial charge is 0.317 e. The number of thiazole rings is 1. The van der Waals surface area contributed by atoms with Crippen molar-refractivity contribution in [1.82, 2.24) is 4.98 Å². The molecular formula is C11H9Cl2NOS. The van der Waals surface area contributed by atoms with Crippen molar-refractivity contribution in [1.29, 1.82) is 0 Å². The third kappa shape index (κ3) is 2.88. The molecule has 2 nitrogen and oxygen atoms in total. The van der Waals surface area contributed by atoms with Gasteiger partial charge in [0.1, 0.15) is 0 Å². The number of halogens is 2. The number of nitrogens with one attached hydrogen (secondary N) is 1. The van der Waals surface area contributed by atoms with Gasteiger partial charge in [0.05, 0.1) is 5.38 Å². The molecule has 0 aliphatic carbocycles. The van der Waals surface area contributed by atoms with Crippen molar-refractivity contribution in [3.63, 3.8) is 0 Å². The van der Waals surface area contributed by atoms with Gasteiger partial charge in [-0.15, -0.1) is 11.6 Å². The van der Waals surface area contributed by atoms with Crippen LogP contribution in [0.3, 0.4) is 0 Å². The summed E-state index contributed by atoms with van der Waals surface area (Å²) in [5, 5.41) is 2.34. The Balaban J connectivity index is 2.11. The predicted octanol–water partition coefficient (Wildman–Crippen LogP) is 3.61. The van der Waals surface area contributed by atoms with E-state index in [1.54, 1.807) is 5.38 Å². The summed E-state index contributed by atoms with van der Waals surface area (Å²) in [7, 11) is 0. The Labute approximate surface area is 107 Å². The first kappa shape index (κ1) is 11.7. The van der Waals surface area contributed by atoms with Gasteiger partial charge in [-0.05, 0) is 17.7 Å². The van der Waals surface area contributed by atoms with Crippen molar-refractivity contribution in [2.45, 2.75) is 11.8 Å². The highest BCUT2D eigenvalue weighted by molar-refractivity contribution is 7.07. The lowest BCUT2D eigenvalue weighted by Crippen LogP contribution is -1.99. The molecule has 16 heavy (non-hydrogen) atoms. The van der Waals surface area contributed by atoms with E-state index in [1.807, 2.05) is 24.3 Å². The summed E-state index contributed by atoms with van der Waals surface area (Å²) < 4.78 is 0. The number of hydrogen-bond donors (Lipinski definition) is 1. The van der Waals surface area contributed by atoms with Gasteiger partial charge in [0.25, 0.3) is 0 Å². The van der Waals surface area contributed by atoms with E-state index in [2.05, 4.69) is 4.98 Å². The van der Waals surface area contributed by atoms with Crippen LogP contribution < -0.4 is 4.87 Å². The molecule has 0 bridgehead atoms. The van der Waals surface area contributed by atoms with Crippen LogP contribution in [-0.4, -0.2) is 4.98 Å². The highest BCUT2D eigenvalue weighted by Gasteiger charge is 2.10. The maximum atomic E-state index is 11.0. The Morgan fingerprint density at radius 2 is 2.00 bits per heavy atom. The van der Waals surface area contributed by atoms with Gasteiger partial charge < -0.3 is 4.98 Å². The van der Waals surface area contributed by atoms with Gasteiger partial charge in [0.2, 0.25) is 0 Å². The summed E-state index contributed by atoms with van der Waals surface area (Å²) in [6, 6.07) is 7.40. The minimum Gasteiger partial charge on any atom is -0.317 e. The summed E-state index contributed by atoms with van der Waals surface area (Å²) in [4.78, 5) is 13.6. The summed E-state index contributed by atoms with van der Waals surface area (Å²) in [5.74, 6) is 0. The summed E-state index contributed by atoms with van der Waals surface area (Å²) in [6.45, 7) is 0. The quantitative estimate of drug-likeness (QED) is 0.852. The molecule has 5 heteroatoms. The molecule has 0 aliphatic heterocycles. The second-order valence-corrected chi connectivity index (χ2v) is 5.20. The van der Waals surface area contributed by atoms with Gasteiger partial charge in [0.15, 0.2) is 0 Å². The van der Waals surface area contributed by atoms with Crippen molar-refractivity contribution < 1.29 is 0 Å². The van der Waals surface area contributed by atoms with Crippen molar-refractivity contribution >= 4 is 34.5 Å². The van der Waals surface area contributed by atoms with Crippen LogP contribution in [0, 0.1) is 0 Å². The predicted molar refractivity (Wildman–Crippen MR) is 68.7 cm³/mol. The van der Waals surface area contributed by atoms with E-state index in [0.717, 1.165) is 22.6 Å². The van der Waals surface area contributed by atoms with Gasteiger partial charge in [-0.25, -0.2) is 0 Å². The summed E-state index contributed by atoms with van der Waals surface area (Å²) >= 11 is 13.2. The number of hydrogen-bond acceptors (Lipinski definition) is 2. The second kappa shape index (κ2) is 5.04. The first-order chi connectivity index (χ1) is 7.65. The molecular weight excluding hydrogens is 265 g/mol. The van der Waals surface area contributed by atoms with E-state index in [1.165, 1.54) is 0 Å². The molecule has 2 rings (SSSR count). The van der Waals surface area contributed by atoms with E-state index >= 15 is 0 Å². The third-order valence-corrected chi connectivity index (χ3v) is 3.58. The molecule has 1 heterocycles. The summed E-state index contributed by atoms with van der Waals surface area (Å²) in [5.41, 5.74) is 1.86. The van der Waals surface area contributed by atoms with E-state index in [-0.39, 0.29) is 10.3 Å². The number of rotatable bonds is 3. The molecule has 0 aliphatic rings. The van der Waals surface area contributed by atoms with Crippen LogP contribution in [0.2, 0.25) is 5.02 Å². The minimum atomic E-state index is -0.150. The fraction of sp³-hybridized carbons (Fsp3) is 0.182. The Kier molecular flexibility index (Phi) is 3.69. The van der Waals surface area contributed by atoms with Crippen LogP contribution in [0.1, 0.15) is 16.6 Å². The SMILES string of the molecule is O=c1[nH]c(CC(Cl)c2ccc(Cl)cc2)cs1. The van der Waals surface area contributed by atoms with Crippen LogP contribution in [0.15, 0.2) is 34.4 Å².